The Labute approximate surface area is 178 Å². The smallest absolute Gasteiger partial charge is 0.226 e. The molecule has 158 valence electrons. The van der Waals surface area contributed by atoms with E-state index >= 15 is 0 Å². The quantitative estimate of drug-likeness (QED) is 0.669. The number of oxime groups is 1. The molecule has 0 bridgehead atoms. The van der Waals surface area contributed by atoms with Crippen molar-refractivity contribution in [1.82, 2.24) is 4.90 Å². The molecule has 0 spiro atoms. The number of methoxy groups -OCH3 is 1. The first-order valence-electron chi connectivity index (χ1n) is 10.8. The second-order valence-corrected chi connectivity index (χ2v) is 8.39. The van der Waals surface area contributed by atoms with Crippen molar-refractivity contribution in [2.75, 3.05) is 13.7 Å². The topological polar surface area (TPSA) is 51.1 Å². The summed E-state index contributed by atoms with van der Waals surface area (Å²) in [5.74, 6) is 1.18. The zero-order valence-electron chi connectivity index (χ0n) is 17.8. The molecule has 1 amide bonds. The van der Waals surface area contributed by atoms with Gasteiger partial charge in [0.2, 0.25) is 5.91 Å². The van der Waals surface area contributed by atoms with E-state index in [1.807, 2.05) is 29.2 Å². The molecule has 1 atom stereocenters. The van der Waals surface area contributed by atoms with Gasteiger partial charge in [0.25, 0.3) is 0 Å². The summed E-state index contributed by atoms with van der Waals surface area (Å²) in [7, 11) is 1.66. The van der Waals surface area contributed by atoms with Gasteiger partial charge in [-0.3, -0.25) is 4.79 Å². The summed E-state index contributed by atoms with van der Waals surface area (Å²) in [6.07, 6.45) is 4.87. The fraction of sp³-hybridized carbons (Fsp3) is 0.440. The Morgan fingerprint density at radius 3 is 2.67 bits per heavy atom. The van der Waals surface area contributed by atoms with Crippen molar-refractivity contribution in [2.45, 2.75) is 51.7 Å². The van der Waals surface area contributed by atoms with Crippen LogP contribution in [0.25, 0.3) is 0 Å². The highest BCUT2D eigenvalue weighted by atomic mass is 16.6. The van der Waals surface area contributed by atoms with Gasteiger partial charge in [-0.2, -0.15) is 0 Å². The van der Waals surface area contributed by atoms with Crippen molar-refractivity contribution >= 4 is 11.6 Å². The van der Waals surface area contributed by atoms with Gasteiger partial charge in [0, 0.05) is 18.9 Å². The minimum absolute atomic E-state index is 0.114. The highest BCUT2D eigenvalue weighted by Crippen LogP contribution is 2.28. The third-order valence-corrected chi connectivity index (χ3v) is 6.07. The van der Waals surface area contributed by atoms with Gasteiger partial charge in [-0.1, -0.05) is 60.0 Å². The van der Waals surface area contributed by atoms with E-state index in [4.69, 9.17) is 9.57 Å². The number of carbonyl (C=O) groups is 1. The maximum absolute atomic E-state index is 13.3. The lowest BCUT2D eigenvalue weighted by Gasteiger charge is -2.27. The molecule has 1 heterocycles. The summed E-state index contributed by atoms with van der Waals surface area (Å²) in [4.78, 5) is 21.0. The molecule has 4 rings (SSSR count). The van der Waals surface area contributed by atoms with E-state index < -0.39 is 0 Å². The van der Waals surface area contributed by atoms with Crippen LogP contribution < -0.4 is 4.74 Å². The lowest BCUT2D eigenvalue weighted by Crippen LogP contribution is -2.40. The molecule has 1 aliphatic heterocycles. The molecule has 0 unspecified atom stereocenters. The second kappa shape index (κ2) is 9.33. The summed E-state index contributed by atoms with van der Waals surface area (Å²) < 4.78 is 5.36. The number of carbonyl (C=O) groups excluding carboxylic acids is 1. The van der Waals surface area contributed by atoms with E-state index in [2.05, 4.69) is 36.3 Å². The van der Waals surface area contributed by atoms with E-state index in [1.54, 1.807) is 7.11 Å². The van der Waals surface area contributed by atoms with Crippen LogP contribution in [0.4, 0.5) is 0 Å². The van der Waals surface area contributed by atoms with Gasteiger partial charge in [-0.05, 0) is 43.0 Å². The third kappa shape index (κ3) is 4.84. The van der Waals surface area contributed by atoms with Gasteiger partial charge >= 0.3 is 0 Å². The van der Waals surface area contributed by atoms with Crippen molar-refractivity contribution in [3.8, 4) is 5.75 Å². The molecular formula is C25H30N2O3. The Morgan fingerprint density at radius 1 is 1.17 bits per heavy atom. The second-order valence-electron chi connectivity index (χ2n) is 8.39. The zero-order valence-corrected chi connectivity index (χ0v) is 17.8. The Bertz CT molecular complexity index is 901. The van der Waals surface area contributed by atoms with Gasteiger partial charge in [-0.15, -0.1) is 0 Å². The predicted octanol–water partition coefficient (Wildman–Crippen LogP) is 4.72. The third-order valence-electron chi connectivity index (χ3n) is 6.07. The highest BCUT2D eigenvalue weighted by molar-refractivity contribution is 6.01. The van der Waals surface area contributed by atoms with Crippen LogP contribution >= 0.6 is 0 Å². The molecule has 5 nitrogen and oxygen atoms in total. The van der Waals surface area contributed by atoms with Crippen molar-refractivity contribution < 1.29 is 14.4 Å². The maximum atomic E-state index is 13.3. The van der Waals surface area contributed by atoms with Crippen molar-refractivity contribution in [3.63, 3.8) is 0 Å². The molecular weight excluding hydrogens is 376 g/mol. The molecule has 0 aromatic heterocycles. The number of rotatable bonds is 7. The van der Waals surface area contributed by atoms with Crippen LogP contribution in [0.1, 0.15) is 48.8 Å². The number of benzene rings is 2. The lowest BCUT2D eigenvalue weighted by molar-refractivity contribution is -0.137. The molecule has 0 saturated heterocycles. The first-order chi connectivity index (χ1) is 14.6. The molecule has 1 fully saturated rings. The van der Waals surface area contributed by atoms with Crippen LogP contribution in [-0.2, 0) is 16.2 Å². The van der Waals surface area contributed by atoms with Gasteiger partial charge in [0.15, 0.2) is 6.10 Å². The average Bonchev–Trinajstić information content (AvgIpc) is 3.46. The average molecular weight is 407 g/mol. The number of nitrogens with zero attached hydrogens (tertiary/aromatic N) is 2. The highest BCUT2D eigenvalue weighted by Gasteiger charge is 2.31. The van der Waals surface area contributed by atoms with Gasteiger partial charge < -0.3 is 14.5 Å². The van der Waals surface area contributed by atoms with E-state index in [0.29, 0.717) is 13.1 Å². The number of ether oxygens (including phenoxy) is 1. The molecule has 0 radical (unpaired) electrons. The fourth-order valence-electron chi connectivity index (χ4n) is 4.34. The zero-order chi connectivity index (χ0) is 20.9. The molecule has 1 saturated carbocycles. The van der Waals surface area contributed by atoms with Gasteiger partial charge in [-0.25, -0.2) is 0 Å². The maximum Gasteiger partial charge on any atom is 0.226 e. The van der Waals surface area contributed by atoms with E-state index in [1.165, 1.54) is 5.56 Å². The summed E-state index contributed by atoms with van der Waals surface area (Å²) in [6.45, 7) is 3.18. The number of hydrogen-bond donors (Lipinski definition) is 0. The minimum Gasteiger partial charge on any atom is -0.497 e. The Hall–Kier alpha value is -2.82. The van der Waals surface area contributed by atoms with Crippen molar-refractivity contribution in [3.05, 3.63) is 65.2 Å². The largest absolute Gasteiger partial charge is 0.497 e. The molecule has 30 heavy (non-hydrogen) atoms. The van der Waals surface area contributed by atoms with Crippen LogP contribution in [0.2, 0.25) is 0 Å². The SMILES string of the molecule is COc1cccc(CN(C[C@H]2CC(c3ccc(C)cc3)=NO2)C(=O)C2CCCC2)c1. The van der Waals surface area contributed by atoms with E-state index in [0.717, 1.165) is 54.7 Å². The van der Waals surface area contributed by atoms with E-state index in [-0.39, 0.29) is 17.9 Å². The van der Waals surface area contributed by atoms with Crippen LogP contribution in [0.5, 0.6) is 5.75 Å². The molecule has 2 aliphatic rings. The van der Waals surface area contributed by atoms with Crippen LogP contribution in [0.3, 0.4) is 0 Å². The fourth-order valence-corrected chi connectivity index (χ4v) is 4.34. The van der Waals surface area contributed by atoms with Crippen molar-refractivity contribution in [1.29, 1.82) is 0 Å². The monoisotopic (exact) mass is 406 g/mol. The van der Waals surface area contributed by atoms with Gasteiger partial charge in [0.1, 0.15) is 5.75 Å². The lowest BCUT2D eigenvalue weighted by atomic mass is 10.0. The summed E-state index contributed by atoms with van der Waals surface area (Å²) in [5, 5.41) is 4.32. The standard InChI is InChI=1S/C25H30N2O3/c1-18-10-12-20(13-11-18)24-15-23(30-26-24)17-27(25(28)21-7-3-4-8-21)16-19-6-5-9-22(14-19)29-2/h5-6,9-14,21,23H,3-4,7-8,15-17H2,1-2H3/t23-/m1/s1. The first kappa shape index (κ1) is 20.5. The normalized spacial score (nSPS) is 18.7. The first-order valence-corrected chi connectivity index (χ1v) is 10.8. The van der Waals surface area contributed by atoms with Gasteiger partial charge in [0.05, 0.1) is 19.4 Å². The Morgan fingerprint density at radius 2 is 1.93 bits per heavy atom. The number of hydrogen-bond acceptors (Lipinski definition) is 4. The summed E-state index contributed by atoms with van der Waals surface area (Å²) in [5.41, 5.74) is 4.33. The Kier molecular flexibility index (Phi) is 6.36. The summed E-state index contributed by atoms with van der Waals surface area (Å²) >= 11 is 0. The van der Waals surface area contributed by atoms with Crippen LogP contribution in [0, 0.1) is 12.8 Å². The molecule has 2 aromatic carbocycles. The molecule has 0 N–H and O–H groups in total. The number of amides is 1. The van der Waals surface area contributed by atoms with E-state index in [9.17, 15) is 4.79 Å². The minimum atomic E-state index is -0.114. The molecule has 2 aromatic rings. The molecule has 5 heteroatoms. The predicted molar refractivity (Wildman–Crippen MR) is 118 cm³/mol. The van der Waals surface area contributed by atoms with Crippen molar-refractivity contribution in [2.24, 2.45) is 11.1 Å². The Balaban J connectivity index is 1.45. The van der Waals surface area contributed by atoms with Crippen LogP contribution in [0.15, 0.2) is 53.7 Å². The molecule has 1 aliphatic carbocycles. The van der Waals surface area contributed by atoms with Crippen LogP contribution in [-0.4, -0.2) is 36.3 Å². The number of aryl methyl sites for hydroxylation is 1. The summed E-state index contributed by atoms with van der Waals surface area (Å²) in [6, 6.07) is 16.3.